The van der Waals surface area contributed by atoms with Gasteiger partial charge in [0.15, 0.2) is 5.69 Å². The summed E-state index contributed by atoms with van der Waals surface area (Å²) in [4.78, 5) is 15.6. The summed E-state index contributed by atoms with van der Waals surface area (Å²) in [6, 6.07) is 5.06. The molecule has 1 N–H and O–H groups in total. The van der Waals surface area contributed by atoms with Gasteiger partial charge in [0, 0.05) is 23.9 Å². The van der Waals surface area contributed by atoms with E-state index in [0.717, 1.165) is 6.20 Å². The molecular formula is C10H6F3N3O2. The van der Waals surface area contributed by atoms with E-state index in [4.69, 9.17) is 0 Å². The summed E-state index contributed by atoms with van der Waals surface area (Å²) in [5.74, 6) is 0.0113. The van der Waals surface area contributed by atoms with E-state index in [9.17, 15) is 23.3 Å². The fraction of sp³-hybridized carbons (Fsp3) is 0.100. The Morgan fingerprint density at radius 2 is 1.83 bits per heavy atom. The number of alkyl halides is 3. The van der Waals surface area contributed by atoms with Crippen LogP contribution in [0.2, 0.25) is 0 Å². The fourth-order valence-corrected chi connectivity index (χ4v) is 1.36. The van der Waals surface area contributed by atoms with Crippen LogP contribution in [-0.2, 0) is 6.18 Å². The third kappa shape index (κ3) is 2.31. The van der Waals surface area contributed by atoms with Crippen molar-refractivity contribution in [2.45, 2.75) is 6.18 Å². The third-order valence-electron chi connectivity index (χ3n) is 2.22. The number of halogens is 3. The predicted molar refractivity (Wildman–Crippen MR) is 55.7 cm³/mol. The molecule has 0 saturated heterocycles. The minimum atomic E-state index is -4.52. The number of benzene rings is 1. The predicted octanol–water partition coefficient (Wildman–Crippen LogP) is 3.00. The summed E-state index contributed by atoms with van der Waals surface area (Å²) < 4.78 is 36.9. The van der Waals surface area contributed by atoms with Crippen molar-refractivity contribution < 1.29 is 18.1 Å². The molecule has 0 saturated carbocycles. The van der Waals surface area contributed by atoms with Crippen molar-refractivity contribution in [1.29, 1.82) is 0 Å². The van der Waals surface area contributed by atoms with Gasteiger partial charge in [0.2, 0.25) is 0 Å². The molecule has 5 nitrogen and oxygen atoms in total. The molecule has 0 amide bonds. The average Bonchev–Trinajstić information content (AvgIpc) is 2.78. The van der Waals surface area contributed by atoms with Crippen molar-refractivity contribution in [1.82, 2.24) is 9.97 Å². The second kappa shape index (κ2) is 4.13. The molecule has 0 atom stereocenters. The van der Waals surface area contributed by atoms with E-state index in [1.54, 1.807) is 0 Å². The number of hydrogen-bond donors (Lipinski definition) is 1. The Hall–Kier alpha value is -2.38. The van der Waals surface area contributed by atoms with Crippen LogP contribution in [0.15, 0.2) is 30.5 Å². The standard InChI is InChI=1S/C10H6F3N3O2/c11-10(12,13)8-5-14-9(15-8)6-1-3-7(4-2-6)16(17)18/h1-5H,(H,14,15). The highest BCUT2D eigenvalue weighted by atomic mass is 19.4. The summed E-state index contributed by atoms with van der Waals surface area (Å²) in [5, 5.41) is 10.4. The number of rotatable bonds is 2. The van der Waals surface area contributed by atoms with E-state index in [2.05, 4.69) is 9.97 Å². The summed E-state index contributed by atoms with van der Waals surface area (Å²) in [5.41, 5.74) is -0.826. The van der Waals surface area contributed by atoms with Crippen LogP contribution in [0.3, 0.4) is 0 Å². The number of nitrogens with zero attached hydrogens (tertiary/aromatic N) is 2. The SMILES string of the molecule is O=[N+]([O-])c1ccc(-c2nc(C(F)(F)F)c[nH]2)cc1. The highest BCUT2D eigenvalue weighted by molar-refractivity contribution is 5.57. The van der Waals surface area contributed by atoms with Crippen LogP contribution in [-0.4, -0.2) is 14.9 Å². The molecule has 0 radical (unpaired) electrons. The maximum absolute atomic E-state index is 12.3. The number of H-pyrrole nitrogens is 1. The number of imidazole rings is 1. The molecule has 2 rings (SSSR count). The average molecular weight is 257 g/mol. The number of aromatic amines is 1. The second-order valence-corrected chi connectivity index (χ2v) is 3.44. The first-order valence-corrected chi connectivity index (χ1v) is 4.75. The number of nitro benzene ring substituents is 1. The molecule has 8 heteroatoms. The lowest BCUT2D eigenvalue weighted by Gasteiger charge is -1.99. The monoisotopic (exact) mass is 257 g/mol. The lowest BCUT2D eigenvalue weighted by Crippen LogP contribution is -2.04. The van der Waals surface area contributed by atoms with Gasteiger partial charge >= 0.3 is 6.18 Å². The molecule has 94 valence electrons. The maximum atomic E-state index is 12.3. The Labute approximate surface area is 98.4 Å². The maximum Gasteiger partial charge on any atom is 0.434 e. The van der Waals surface area contributed by atoms with Crippen molar-refractivity contribution in [3.63, 3.8) is 0 Å². The first kappa shape index (κ1) is 12.1. The zero-order valence-electron chi connectivity index (χ0n) is 8.73. The van der Waals surface area contributed by atoms with Crippen molar-refractivity contribution in [2.75, 3.05) is 0 Å². The van der Waals surface area contributed by atoms with Crippen LogP contribution in [0.4, 0.5) is 18.9 Å². The zero-order chi connectivity index (χ0) is 13.3. The van der Waals surface area contributed by atoms with Gasteiger partial charge in [0.1, 0.15) is 5.82 Å². The van der Waals surface area contributed by atoms with Gasteiger partial charge in [-0.25, -0.2) is 4.98 Å². The normalized spacial score (nSPS) is 11.5. The topological polar surface area (TPSA) is 71.8 Å². The van der Waals surface area contributed by atoms with Gasteiger partial charge in [-0.2, -0.15) is 13.2 Å². The Kier molecular flexibility index (Phi) is 2.77. The minimum absolute atomic E-state index is 0.0113. The molecule has 18 heavy (non-hydrogen) atoms. The van der Waals surface area contributed by atoms with Gasteiger partial charge in [0.05, 0.1) is 4.92 Å². The number of nitrogens with one attached hydrogen (secondary N) is 1. The number of hydrogen-bond acceptors (Lipinski definition) is 3. The largest absolute Gasteiger partial charge is 0.434 e. The third-order valence-corrected chi connectivity index (χ3v) is 2.22. The van der Waals surface area contributed by atoms with Gasteiger partial charge in [-0.05, 0) is 12.1 Å². The Morgan fingerprint density at radius 1 is 1.22 bits per heavy atom. The van der Waals surface area contributed by atoms with E-state index >= 15 is 0 Å². The minimum Gasteiger partial charge on any atom is -0.344 e. The van der Waals surface area contributed by atoms with Crippen LogP contribution in [0.1, 0.15) is 5.69 Å². The van der Waals surface area contributed by atoms with E-state index in [0.29, 0.717) is 5.56 Å². The van der Waals surface area contributed by atoms with Crippen LogP contribution >= 0.6 is 0 Å². The summed E-state index contributed by atoms with van der Waals surface area (Å²) in [6.07, 6.45) is -3.77. The molecule has 0 fully saturated rings. The molecular weight excluding hydrogens is 251 g/mol. The molecule has 1 aromatic carbocycles. The lowest BCUT2D eigenvalue weighted by molar-refractivity contribution is -0.384. The van der Waals surface area contributed by atoms with Crippen molar-refractivity contribution in [3.05, 3.63) is 46.3 Å². The summed E-state index contributed by atoms with van der Waals surface area (Å²) in [7, 11) is 0. The molecule has 0 unspecified atom stereocenters. The summed E-state index contributed by atoms with van der Waals surface area (Å²) in [6.45, 7) is 0. The highest BCUT2D eigenvalue weighted by Crippen LogP contribution is 2.29. The van der Waals surface area contributed by atoms with Gasteiger partial charge in [-0.3, -0.25) is 10.1 Å². The van der Waals surface area contributed by atoms with Gasteiger partial charge in [0.25, 0.3) is 5.69 Å². The Balaban J connectivity index is 2.32. The molecule has 0 bridgehead atoms. The zero-order valence-corrected chi connectivity index (χ0v) is 8.73. The van der Waals surface area contributed by atoms with E-state index < -0.39 is 16.8 Å². The number of aromatic nitrogens is 2. The van der Waals surface area contributed by atoms with Gasteiger partial charge in [-0.1, -0.05) is 0 Å². The van der Waals surface area contributed by atoms with E-state index in [1.165, 1.54) is 24.3 Å². The Bertz CT molecular complexity index is 575. The highest BCUT2D eigenvalue weighted by Gasteiger charge is 2.33. The van der Waals surface area contributed by atoms with Crippen LogP contribution in [0, 0.1) is 10.1 Å². The number of nitro groups is 1. The van der Waals surface area contributed by atoms with Crippen LogP contribution < -0.4 is 0 Å². The number of non-ortho nitro benzene ring substituents is 1. The molecule has 0 spiro atoms. The molecule has 1 heterocycles. The Morgan fingerprint density at radius 3 is 2.28 bits per heavy atom. The quantitative estimate of drug-likeness (QED) is 0.664. The summed E-state index contributed by atoms with van der Waals surface area (Å²) >= 11 is 0. The molecule has 2 aromatic rings. The van der Waals surface area contributed by atoms with E-state index in [1.807, 2.05) is 0 Å². The first-order chi connectivity index (χ1) is 8.38. The molecule has 0 aliphatic heterocycles. The smallest absolute Gasteiger partial charge is 0.344 e. The van der Waals surface area contributed by atoms with Gasteiger partial charge in [-0.15, -0.1) is 0 Å². The second-order valence-electron chi connectivity index (χ2n) is 3.44. The van der Waals surface area contributed by atoms with Crippen LogP contribution in [0.25, 0.3) is 11.4 Å². The van der Waals surface area contributed by atoms with Crippen molar-refractivity contribution in [3.8, 4) is 11.4 Å². The van der Waals surface area contributed by atoms with Crippen molar-refractivity contribution >= 4 is 5.69 Å². The molecule has 0 aliphatic rings. The van der Waals surface area contributed by atoms with E-state index in [-0.39, 0.29) is 11.5 Å². The van der Waals surface area contributed by atoms with Crippen molar-refractivity contribution in [2.24, 2.45) is 0 Å². The van der Waals surface area contributed by atoms with Gasteiger partial charge < -0.3 is 4.98 Å². The first-order valence-electron chi connectivity index (χ1n) is 4.75. The lowest BCUT2D eigenvalue weighted by atomic mass is 10.2. The fourth-order valence-electron chi connectivity index (χ4n) is 1.36. The molecule has 0 aliphatic carbocycles. The molecule has 1 aromatic heterocycles. The van der Waals surface area contributed by atoms with Crippen LogP contribution in [0.5, 0.6) is 0 Å².